The van der Waals surface area contributed by atoms with Crippen molar-refractivity contribution in [3.8, 4) is 5.75 Å². The maximum Gasteiger partial charge on any atom is 0.165 e. The molecule has 1 aliphatic carbocycles. The van der Waals surface area contributed by atoms with E-state index in [1.54, 1.807) is 18.2 Å². The molecule has 23 heavy (non-hydrogen) atoms. The summed E-state index contributed by atoms with van der Waals surface area (Å²) in [5.74, 6) is 0.646. The standard InChI is InChI=1S/C17H25FN2O2.ClH/c18-14-5-1-2-7-17(14)22-11-9-19-15-6-3-4-13(15)16-12-21-10-8-20-16;/h1-2,5,7,13,15-16,19-20H,3-4,6,8-12H2;1H. The highest BCUT2D eigenvalue weighted by Gasteiger charge is 2.34. The number of nitrogens with one attached hydrogen (secondary N) is 2. The summed E-state index contributed by atoms with van der Waals surface area (Å²) in [7, 11) is 0. The van der Waals surface area contributed by atoms with Gasteiger partial charge in [-0.05, 0) is 30.9 Å². The van der Waals surface area contributed by atoms with Gasteiger partial charge in [0.2, 0.25) is 0 Å². The Hall–Kier alpha value is -0.880. The van der Waals surface area contributed by atoms with Crippen molar-refractivity contribution in [1.82, 2.24) is 10.6 Å². The van der Waals surface area contributed by atoms with Gasteiger partial charge in [-0.25, -0.2) is 4.39 Å². The third-order valence-electron chi connectivity index (χ3n) is 4.64. The number of para-hydroxylation sites is 1. The molecule has 3 unspecified atom stereocenters. The molecule has 4 nitrogen and oxygen atoms in total. The summed E-state index contributed by atoms with van der Waals surface area (Å²) in [4.78, 5) is 0. The minimum Gasteiger partial charge on any atom is -0.489 e. The molecule has 1 saturated carbocycles. The molecule has 1 aromatic carbocycles. The molecule has 2 fully saturated rings. The topological polar surface area (TPSA) is 42.5 Å². The summed E-state index contributed by atoms with van der Waals surface area (Å²) < 4.78 is 24.5. The van der Waals surface area contributed by atoms with E-state index in [9.17, 15) is 4.39 Å². The molecular formula is C17H26ClFN2O2. The number of ether oxygens (including phenoxy) is 2. The first-order valence-corrected chi connectivity index (χ1v) is 8.26. The van der Waals surface area contributed by atoms with Gasteiger partial charge >= 0.3 is 0 Å². The number of hydrogen-bond acceptors (Lipinski definition) is 4. The Kier molecular flexibility index (Phi) is 7.56. The molecule has 0 radical (unpaired) electrons. The van der Waals surface area contributed by atoms with Crippen molar-refractivity contribution in [2.45, 2.75) is 31.3 Å². The Labute approximate surface area is 143 Å². The zero-order valence-electron chi connectivity index (χ0n) is 13.3. The van der Waals surface area contributed by atoms with Gasteiger partial charge in [0.15, 0.2) is 11.6 Å². The fourth-order valence-electron chi connectivity index (χ4n) is 3.55. The van der Waals surface area contributed by atoms with E-state index in [1.807, 2.05) is 0 Å². The lowest BCUT2D eigenvalue weighted by atomic mass is 9.94. The Bertz CT molecular complexity index is 472. The Morgan fingerprint density at radius 2 is 2.17 bits per heavy atom. The van der Waals surface area contributed by atoms with Crippen LogP contribution in [0.15, 0.2) is 24.3 Å². The maximum atomic E-state index is 13.5. The van der Waals surface area contributed by atoms with Gasteiger partial charge in [-0.1, -0.05) is 18.6 Å². The molecule has 2 aliphatic rings. The van der Waals surface area contributed by atoms with Crippen LogP contribution in [0.3, 0.4) is 0 Å². The molecule has 0 spiro atoms. The van der Waals surface area contributed by atoms with Crippen molar-refractivity contribution >= 4 is 12.4 Å². The van der Waals surface area contributed by atoms with Gasteiger partial charge in [0.25, 0.3) is 0 Å². The van der Waals surface area contributed by atoms with E-state index in [2.05, 4.69) is 10.6 Å². The number of morpholine rings is 1. The molecule has 1 aliphatic heterocycles. The lowest BCUT2D eigenvalue weighted by Crippen LogP contribution is -2.51. The first-order valence-electron chi connectivity index (χ1n) is 8.26. The van der Waals surface area contributed by atoms with Crippen LogP contribution in [0, 0.1) is 11.7 Å². The maximum absolute atomic E-state index is 13.5. The Morgan fingerprint density at radius 3 is 2.96 bits per heavy atom. The van der Waals surface area contributed by atoms with Crippen LogP contribution >= 0.6 is 12.4 Å². The van der Waals surface area contributed by atoms with Crippen LogP contribution < -0.4 is 15.4 Å². The highest BCUT2D eigenvalue weighted by molar-refractivity contribution is 5.85. The summed E-state index contributed by atoms with van der Waals surface area (Å²) in [5.41, 5.74) is 0. The van der Waals surface area contributed by atoms with E-state index < -0.39 is 0 Å². The van der Waals surface area contributed by atoms with Crippen molar-refractivity contribution in [2.24, 2.45) is 5.92 Å². The summed E-state index contributed by atoms with van der Waals surface area (Å²) in [6.45, 7) is 3.80. The molecule has 1 saturated heterocycles. The summed E-state index contributed by atoms with van der Waals surface area (Å²) in [6.07, 6.45) is 3.70. The van der Waals surface area contributed by atoms with Crippen LogP contribution in [0.2, 0.25) is 0 Å². The average Bonchev–Trinajstić information content (AvgIpc) is 3.02. The Morgan fingerprint density at radius 1 is 1.30 bits per heavy atom. The van der Waals surface area contributed by atoms with Crippen molar-refractivity contribution in [3.05, 3.63) is 30.1 Å². The van der Waals surface area contributed by atoms with Crippen LogP contribution in [-0.4, -0.2) is 45.0 Å². The molecule has 2 N–H and O–H groups in total. The third-order valence-corrected chi connectivity index (χ3v) is 4.64. The van der Waals surface area contributed by atoms with Gasteiger partial charge in [0, 0.05) is 25.2 Å². The second kappa shape index (κ2) is 9.42. The molecule has 6 heteroatoms. The molecule has 0 aromatic heterocycles. The lowest BCUT2D eigenvalue weighted by molar-refractivity contribution is 0.0523. The van der Waals surface area contributed by atoms with Crippen molar-refractivity contribution < 1.29 is 13.9 Å². The molecule has 0 bridgehead atoms. The fraction of sp³-hybridized carbons (Fsp3) is 0.647. The van der Waals surface area contributed by atoms with E-state index >= 15 is 0 Å². The molecule has 1 aromatic rings. The van der Waals surface area contributed by atoms with Crippen molar-refractivity contribution in [3.63, 3.8) is 0 Å². The molecule has 3 rings (SSSR count). The minimum absolute atomic E-state index is 0. The first kappa shape index (κ1) is 18.5. The summed E-state index contributed by atoms with van der Waals surface area (Å²) >= 11 is 0. The number of hydrogen-bond donors (Lipinski definition) is 2. The van der Waals surface area contributed by atoms with E-state index in [-0.39, 0.29) is 18.2 Å². The highest BCUT2D eigenvalue weighted by atomic mass is 35.5. The normalized spacial score (nSPS) is 27.4. The SMILES string of the molecule is Cl.Fc1ccccc1OCCNC1CCCC1C1COCCN1. The summed E-state index contributed by atoms with van der Waals surface area (Å²) in [5, 5.41) is 7.14. The lowest BCUT2D eigenvalue weighted by Gasteiger charge is -2.33. The van der Waals surface area contributed by atoms with Gasteiger partial charge < -0.3 is 20.1 Å². The van der Waals surface area contributed by atoms with Crippen molar-refractivity contribution in [1.29, 1.82) is 0 Å². The van der Waals surface area contributed by atoms with Crippen LogP contribution in [0.1, 0.15) is 19.3 Å². The average molecular weight is 345 g/mol. The van der Waals surface area contributed by atoms with Gasteiger partial charge in [-0.15, -0.1) is 12.4 Å². The Balaban J connectivity index is 0.00000192. The predicted octanol–water partition coefficient (Wildman–Crippen LogP) is 2.37. The van der Waals surface area contributed by atoms with Gasteiger partial charge in [-0.3, -0.25) is 0 Å². The second-order valence-corrected chi connectivity index (χ2v) is 6.07. The minimum atomic E-state index is -0.301. The molecular weight excluding hydrogens is 319 g/mol. The number of benzene rings is 1. The van der Waals surface area contributed by atoms with Gasteiger partial charge in [0.05, 0.1) is 13.2 Å². The second-order valence-electron chi connectivity index (χ2n) is 6.07. The van der Waals surface area contributed by atoms with Crippen LogP contribution in [0.4, 0.5) is 4.39 Å². The predicted molar refractivity (Wildman–Crippen MR) is 90.9 cm³/mol. The molecule has 3 atom stereocenters. The van der Waals surface area contributed by atoms with E-state index in [0.717, 1.165) is 26.3 Å². The largest absolute Gasteiger partial charge is 0.489 e. The molecule has 1 heterocycles. The molecule has 0 amide bonds. The number of halogens is 2. The van der Waals surface area contributed by atoms with E-state index in [0.29, 0.717) is 30.4 Å². The smallest absolute Gasteiger partial charge is 0.165 e. The van der Waals surface area contributed by atoms with Gasteiger partial charge in [-0.2, -0.15) is 0 Å². The fourth-order valence-corrected chi connectivity index (χ4v) is 3.55. The zero-order chi connectivity index (χ0) is 15.2. The number of rotatable bonds is 6. The quantitative estimate of drug-likeness (QED) is 0.778. The van der Waals surface area contributed by atoms with Crippen LogP contribution in [0.5, 0.6) is 5.75 Å². The van der Waals surface area contributed by atoms with Crippen molar-refractivity contribution in [2.75, 3.05) is 32.9 Å². The monoisotopic (exact) mass is 344 g/mol. The highest BCUT2D eigenvalue weighted by Crippen LogP contribution is 2.29. The van der Waals surface area contributed by atoms with E-state index in [1.165, 1.54) is 25.3 Å². The van der Waals surface area contributed by atoms with E-state index in [4.69, 9.17) is 9.47 Å². The zero-order valence-corrected chi connectivity index (χ0v) is 14.1. The third kappa shape index (κ3) is 5.05. The summed E-state index contributed by atoms with van der Waals surface area (Å²) in [6, 6.07) is 7.50. The van der Waals surface area contributed by atoms with Crippen LogP contribution in [-0.2, 0) is 4.74 Å². The first-order chi connectivity index (χ1) is 10.8. The van der Waals surface area contributed by atoms with Gasteiger partial charge in [0.1, 0.15) is 6.61 Å². The molecule has 130 valence electrons. The van der Waals surface area contributed by atoms with Crippen LogP contribution in [0.25, 0.3) is 0 Å².